The molecule has 18 heavy (non-hydrogen) atoms. The molecule has 1 heterocycles. The number of fused-ring (bicyclic) bond motifs is 1. The van der Waals surface area contributed by atoms with Gasteiger partial charge < -0.3 is 14.9 Å². The van der Waals surface area contributed by atoms with Crippen molar-refractivity contribution in [3.8, 4) is 5.75 Å². The van der Waals surface area contributed by atoms with E-state index in [2.05, 4.69) is 0 Å². The van der Waals surface area contributed by atoms with Crippen LogP contribution in [0.1, 0.15) is 17.3 Å². The molecule has 0 unspecified atom stereocenters. The van der Waals surface area contributed by atoms with Gasteiger partial charge in [0.1, 0.15) is 16.9 Å². The number of carbonyl (C=O) groups is 2. The van der Waals surface area contributed by atoms with Gasteiger partial charge in [0.05, 0.1) is 0 Å². The van der Waals surface area contributed by atoms with Crippen LogP contribution in [0.15, 0.2) is 33.5 Å². The Morgan fingerprint density at radius 3 is 2.61 bits per heavy atom. The van der Waals surface area contributed by atoms with Gasteiger partial charge >= 0.3 is 11.6 Å². The van der Waals surface area contributed by atoms with Gasteiger partial charge in [-0.1, -0.05) is 0 Å². The average Bonchev–Trinajstić information content (AvgIpc) is 2.26. The van der Waals surface area contributed by atoms with Crippen molar-refractivity contribution in [2.75, 3.05) is 0 Å². The molecule has 92 valence electrons. The highest BCUT2D eigenvalue weighted by Crippen LogP contribution is 2.20. The van der Waals surface area contributed by atoms with Gasteiger partial charge in [-0.2, -0.15) is 0 Å². The minimum Gasteiger partial charge on any atom is -0.427 e. The first kappa shape index (κ1) is 11.8. The number of esters is 1. The van der Waals surface area contributed by atoms with Crippen molar-refractivity contribution in [3.05, 3.63) is 40.2 Å². The van der Waals surface area contributed by atoms with Crippen LogP contribution in [0.25, 0.3) is 11.0 Å². The summed E-state index contributed by atoms with van der Waals surface area (Å²) in [4.78, 5) is 33.2. The van der Waals surface area contributed by atoms with Gasteiger partial charge in [0, 0.05) is 18.4 Å². The van der Waals surface area contributed by atoms with Crippen LogP contribution in [0.5, 0.6) is 5.75 Å². The molecule has 2 N–H and O–H groups in total. The lowest BCUT2D eigenvalue weighted by atomic mass is 10.2. The van der Waals surface area contributed by atoms with Crippen LogP contribution < -0.4 is 16.1 Å². The Kier molecular flexibility index (Phi) is 2.85. The summed E-state index contributed by atoms with van der Waals surface area (Å²) >= 11 is 0. The van der Waals surface area contributed by atoms with E-state index >= 15 is 0 Å². The predicted molar refractivity (Wildman–Crippen MR) is 62.3 cm³/mol. The molecule has 0 aliphatic rings. The summed E-state index contributed by atoms with van der Waals surface area (Å²) in [5, 5.41) is 0.513. The number of rotatable bonds is 2. The van der Waals surface area contributed by atoms with E-state index in [1.165, 1.54) is 25.1 Å². The van der Waals surface area contributed by atoms with Gasteiger partial charge in [-0.25, -0.2) is 4.79 Å². The fourth-order valence-corrected chi connectivity index (χ4v) is 1.49. The molecular weight excluding hydrogens is 238 g/mol. The number of amides is 1. The molecule has 6 heteroatoms. The van der Waals surface area contributed by atoms with E-state index in [0.717, 1.165) is 0 Å². The van der Waals surface area contributed by atoms with Crippen molar-refractivity contribution in [2.24, 2.45) is 5.73 Å². The van der Waals surface area contributed by atoms with Gasteiger partial charge in [0.15, 0.2) is 0 Å². The maximum atomic E-state index is 11.4. The Labute approximate surface area is 101 Å². The smallest absolute Gasteiger partial charge is 0.349 e. The monoisotopic (exact) mass is 247 g/mol. The fourth-order valence-electron chi connectivity index (χ4n) is 1.49. The van der Waals surface area contributed by atoms with Crippen LogP contribution >= 0.6 is 0 Å². The third-order valence-electron chi connectivity index (χ3n) is 2.23. The Bertz CT molecular complexity index is 701. The first-order chi connectivity index (χ1) is 8.47. The van der Waals surface area contributed by atoms with Crippen molar-refractivity contribution in [2.45, 2.75) is 6.92 Å². The van der Waals surface area contributed by atoms with Gasteiger partial charge in [-0.05, 0) is 18.2 Å². The predicted octanol–water partition coefficient (Wildman–Crippen LogP) is 0.817. The number of primary amides is 1. The topological polar surface area (TPSA) is 99.6 Å². The fraction of sp³-hybridized carbons (Fsp3) is 0.0833. The van der Waals surface area contributed by atoms with Crippen LogP contribution in [0, 0.1) is 0 Å². The minimum absolute atomic E-state index is 0.212. The van der Waals surface area contributed by atoms with Gasteiger partial charge in [0.25, 0.3) is 5.91 Å². The molecule has 1 aromatic carbocycles. The number of nitrogens with two attached hydrogens (primary N) is 1. The van der Waals surface area contributed by atoms with Crippen molar-refractivity contribution >= 4 is 22.8 Å². The highest BCUT2D eigenvalue weighted by molar-refractivity contribution is 5.95. The van der Waals surface area contributed by atoms with E-state index in [1.807, 2.05) is 0 Å². The van der Waals surface area contributed by atoms with Crippen LogP contribution in [0.3, 0.4) is 0 Å². The second-order valence-corrected chi connectivity index (χ2v) is 3.61. The number of hydrogen-bond acceptors (Lipinski definition) is 5. The molecule has 0 saturated carbocycles. The van der Waals surface area contributed by atoms with E-state index in [-0.39, 0.29) is 16.9 Å². The van der Waals surface area contributed by atoms with Gasteiger partial charge in [0.2, 0.25) is 0 Å². The molecule has 6 nitrogen and oxygen atoms in total. The van der Waals surface area contributed by atoms with Crippen LogP contribution in [0.2, 0.25) is 0 Å². The summed E-state index contributed by atoms with van der Waals surface area (Å²) in [6.45, 7) is 1.26. The lowest BCUT2D eigenvalue weighted by Gasteiger charge is -2.03. The first-order valence-corrected chi connectivity index (χ1v) is 5.03. The summed E-state index contributed by atoms with van der Waals surface area (Å²) in [6, 6.07) is 5.81. The quantitative estimate of drug-likeness (QED) is 0.481. The van der Waals surface area contributed by atoms with E-state index in [0.29, 0.717) is 5.39 Å². The second-order valence-electron chi connectivity index (χ2n) is 3.61. The van der Waals surface area contributed by atoms with E-state index in [1.54, 1.807) is 6.07 Å². The Morgan fingerprint density at radius 2 is 2.00 bits per heavy atom. The van der Waals surface area contributed by atoms with Gasteiger partial charge in [-0.3, -0.25) is 9.59 Å². The highest BCUT2D eigenvalue weighted by Gasteiger charge is 2.11. The number of ether oxygens (including phenoxy) is 1. The molecule has 0 radical (unpaired) electrons. The van der Waals surface area contributed by atoms with Crippen molar-refractivity contribution in [1.29, 1.82) is 0 Å². The largest absolute Gasteiger partial charge is 0.427 e. The molecule has 0 aliphatic carbocycles. The Balaban J connectivity index is 2.59. The molecule has 0 fully saturated rings. The zero-order chi connectivity index (χ0) is 13.3. The zero-order valence-electron chi connectivity index (χ0n) is 9.43. The number of benzene rings is 1. The minimum atomic E-state index is -0.852. The lowest BCUT2D eigenvalue weighted by molar-refractivity contribution is -0.131. The molecule has 0 bridgehead atoms. The van der Waals surface area contributed by atoms with Crippen LogP contribution in [-0.2, 0) is 4.79 Å². The lowest BCUT2D eigenvalue weighted by Crippen LogP contribution is -2.20. The normalized spacial score (nSPS) is 10.3. The Morgan fingerprint density at radius 1 is 1.28 bits per heavy atom. The number of carbonyl (C=O) groups excluding carboxylic acids is 2. The summed E-state index contributed by atoms with van der Waals surface area (Å²) in [5.41, 5.74) is 4.20. The summed E-state index contributed by atoms with van der Waals surface area (Å²) < 4.78 is 9.78. The first-order valence-electron chi connectivity index (χ1n) is 5.03. The van der Waals surface area contributed by atoms with Crippen molar-refractivity contribution in [3.63, 3.8) is 0 Å². The molecule has 1 amide bonds. The second kappa shape index (κ2) is 4.33. The Hall–Kier alpha value is -2.63. The van der Waals surface area contributed by atoms with Crippen molar-refractivity contribution < 1.29 is 18.7 Å². The van der Waals surface area contributed by atoms with Gasteiger partial charge in [-0.15, -0.1) is 0 Å². The third-order valence-corrected chi connectivity index (χ3v) is 2.23. The summed E-state index contributed by atoms with van der Waals surface area (Å²) in [5.74, 6) is -1.08. The molecule has 2 rings (SSSR count). The van der Waals surface area contributed by atoms with E-state index in [9.17, 15) is 14.4 Å². The zero-order valence-corrected chi connectivity index (χ0v) is 9.43. The van der Waals surface area contributed by atoms with E-state index in [4.69, 9.17) is 14.9 Å². The van der Waals surface area contributed by atoms with Crippen LogP contribution in [0.4, 0.5) is 0 Å². The molecule has 0 saturated heterocycles. The van der Waals surface area contributed by atoms with E-state index < -0.39 is 17.5 Å². The summed E-state index contributed by atoms with van der Waals surface area (Å²) in [7, 11) is 0. The standard InChI is InChI=1S/C12H9NO5/c1-6(14)17-8-3-2-7-4-9(11(13)15)12(16)18-10(7)5-8/h2-5H,1H3,(H2,13,15). The number of hydrogen-bond donors (Lipinski definition) is 1. The van der Waals surface area contributed by atoms with Crippen molar-refractivity contribution in [1.82, 2.24) is 0 Å². The summed E-state index contributed by atoms with van der Waals surface area (Å²) in [6.07, 6.45) is 0. The molecule has 0 atom stereocenters. The third kappa shape index (κ3) is 2.22. The maximum absolute atomic E-state index is 11.4. The maximum Gasteiger partial charge on any atom is 0.349 e. The highest BCUT2D eigenvalue weighted by atomic mass is 16.5. The molecule has 0 spiro atoms. The average molecular weight is 247 g/mol. The van der Waals surface area contributed by atoms with Crippen LogP contribution in [-0.4, -0.2) is 11.9 Å². The molecule has 1 aromatic heterocycles. The molecular formula is C12H9NO5. The molecule has 0 aliphatic heterocycles. The SMILES string of the molecule is CC(=O)Oc1ccc2cc(C(N)=O)c(=O)oc2c1. The molecule has 2 aromatic rings.